The van der Waals surface area contributed by atoms with Gasteiger partial charge in [0.2, 0.25) is 0 Å². The minimum Gasteiger partial charge on any atom is -0.468 e. The fourth-order valence-corrected chi connectivity index (χ4v) is 2.77. The molecule has 0 amide bonds. The van der Waals surface area contributed by atoms with Gasteiger partial charge in [-0.25, -0.2) is 0 Å². The number of nitrogens with one attached hydrogen (secondary N) is 1. The summed E-state index contributed by atoms with van der Waals surface area (Å²) in [7, 11) is 0. The van der Waals surface area contributed by atoms with Crippen molar-refractivity contribution in [3.8, 4) is 0 Å². The molecule has 1 aliphatic carbocycles. The first-order valence-corrected chi connectivity index (χ1v) is 6.00. The molecule has 15 heavy (non-hydrogen) atoms. The SMILES string of the molecule is C[C@H]1CC(NCc2ccco2)C[C@H](C)C1. The molecule has 0 unspecified atom stereocenters. The molecule has 1 aromatic heterocycles. The first-order valence-electron chi connectivity index (χ1n) is 6.00. The van der Waals surface area contributed by atoms with Crippen LogP contribution in [0.4, 0.5) is 0 Å². The second kappa shape index (κ2) is 4.84. The average molecular weight is 207 g/mol. The van der Waals surface area contributed by atoms with Gasteiger partial charge >= 0.3 is 0 Å². The van der Waals surface area contributed by atoms with E-state index in [9.17, 15) is 0 Å². The van der Waals surface area contributed by atoms with Crippen LogP contribution in [0.1, 0.15) is 38.9 Å². The van der Waals surface area contributed by atoms with Crippen LogP contribution in [0, 0.1) is 11.8 Å². The lowest BCUT2D eigenvalue weighted by atomic mass is 9.80. The van der Waals surface area contributed by atoms with Gasteiger partial charge in [0.25, 0.3) is 0 Å². The molecular weight excluding hydrogens is 186 g/mol. The molecule has 84 valence electrons. The summed E-state index contributed by atoms with van der Waals surface area (Å²) in [5.74, 6) is 2.77. The Morgan fingerprint density at radius 1 is 1.27 bits per heavy atom. The lowest BCUT2D eigenvalue weighted by Gasteiger charge is -2.31. The van der Waals surface area contributed by atoms with E-state index in [0.717, 1.165) is 24.1 Å². The topological polar surface area (TPSA) is 25.2 Å². The van der Waals surface area contributed by atoms with E-state index in [1.807, 2.05) is 12.1 Å². The van der Waals surface area contributed by atoms with E-state index in [-0.39, 0.29) is 0 Å². The summed E-state index contributed by atoms with van der Waals surface area (Å²) in [6.07, 6.45) is 5.75. The molecule has 1 aliphatic rings. The van der Waals surface area contributed by atoms with Gasteiger partial charge in [-0.05, 0) is 43.2 Å². The van der Waals surface area contributed by atoms with Crippen molar-refractivity contribution >= 4 is 0 Å². The normalized spacial score (nSPS) is 31.7. The summed E-state index contributed by atoms with van der Waals surface area (Å²) < 4.78 is 5.32. The predicted molar refractivity (Wildman–Crippen MR) is 61.5 cm³/mol. The van der Waals surface area contributed by atoms with Gasteiger partial charge in [0.15, 0.2) is 0 Å². The summed E-state index contributed by atoms with van der Waals surface area (Å²) in [6, 6.07) is 4.65. The van der Waals surface area contributed by atoms with Crippen molar-refractivity contribution in [3.63, 3.8) is 0 Å². The monoisotopic (exact) mass is 207 g/mol. The maximum atomic E-state index is 5.32. The summed E-state index contributed by atoms with van der Waals surface area (Å²) in [5, 5.41) is 3.59. The number of hydrogen-bond donors (Lipinski definition) is 1. The quantitative estimate of drug-likeness (QED) is 0.823. The maximum absolute atomic E-state index is 5.32. The Morgan fingerprint density at radius 2 is 2.00 bits per heavy atom. The molecule has 2 nitrogen and oxygen atoms in total. The van der Waals surface area contributed by atoms with Gasteiger partial charge in [0, 0.05) is 6.04 Å². The Labute approximate surface area is 92.1 Å². The van der Waals surface area contributed by atoms with Crippen molar-refractivity contribution in [3.05, 3.63) is 24.2 Å². The predicted octanol–water partition coefficient (Wildman–Crippen LogP) is 3.19. The zero-order valence-corrected chi connectivity index (χ0v) is 9.70. The summed E-state index contributed by atoms with van der Waals surface area (Å²) in [5.41, 5.74) is 0. The van der Waals surface area contributed by atoms with Gasteiger partial charge < -0.3 is 9.73 Å². The maximum Gasteiger partial charge on any atom is 0.117 e. The number of rotatable bonds is 3. The van der Waals surface area contributed by atoms with Crippen LogP contribution in [0.2, 0.25) is 0 Å². The Balaban J connectivity index is 1.79. The van der Waals surface area contributed by atoms with E-state index in [2.05, 4.69) is 19.2 Å². The van der Waals surface area contributed by atoms with Crippen molar-refractivity contribution in [2.45, 2.75) is 45.7 Å². The molecule has 0 saturated heterocycles. The lowest BCUT2D eigenvalue weighted by Crippen LogP contribution is -2.35. The van der Waals surface area contributed by atoms with Gasteiger partial charge in [-0.1, -0.05) is 13.8 Å². The molecule has 2 heteroatoms. The molecule has 0 aromatic carbocycles. The van der Waals surface area contributed by atoms with E-state index in [1.165, 1.54) is 19.3 Å². The molecule has 2 atom stereocenters. The molecule has 1 aromatic rings. The van der Waals surface area contributed by atoms with Crippen LogP contribution in [-0.2, 0) is 6.54 Å². The van der Waals surface area contributed by atoms with Crippen molar-refractivity contribution in [2.75, 3.05) is 0 Å². The van der Waals surface area contributed by atoms with Crippen molar-refractivity contribution in [2.24, 2.45) is 11.8 Å². The van der Waals surface area contributed by atoms with Gasteiger partial charge in [-0.2, -0.15) is 0 Å². The highest BCUT2D eigenvalue weighted by Gasteiger charge is 2.23. The van der Waals surface area contributed by atoms with Crippen LogP contribution in [0.25, 0.3) is 0 Å². The van der Waals surface area contributed by atoms with Crippen LogP contribution >= 0.6 is 0 Å². The minimum atomic E-state index is 0.675. The third-order valence-electron chi connectivity index (χ3n) is 3.32. The largest absolute Gasteiger partial charge is 0.468 e. The molecule has 1 fully saturated rings. The Kier molecular flexibility index (Phi) is 3.47. The Morgan fingerprint density at radius 3 is 2.60 bits per heavy atom. The average Bonchev–Trinajstić information content (AvgIpc) is 2.65. The van der Waals surface area contributed by atoms with E-state index >= 15 is 0 Å². The van der Waals surface area contributed by atoms with E-state index in [4.69, 9.17) is 4.42 Å². The zero-order chi connectivity index (χ0) is 10.7. The first-order chi connectivity index (χ1) is 7.24. The van der Waals surface area contributed by atoms with Crippen LogP contribution in [0.15, 0.2) is 22.8 Å². The standard InChI is InChI=1S/C13H21NO/c1-10-6-11(2)8-12(7-10)14-9-13-4-3-5-15-13/h3-5,10-12,14H,6-9H2,1-2H3/t10-,11-/m1/s1. The first kappa shape index (κ1) is 10.7. The Hall–Kier alpha value is -0.760. The van der Waals surface area contributed by atoms with E-state index < -0.39 is 0 Å². The summed E-state index contributed by atoms with van der Waals surface area (Å²) >= 11 is 0. The minimum absolute atomic E-state index is 0.675. The molecule has 0 aliphatic heterocycles. The second-order valence-electron chi connectivity index (χ2n) is 5.07. The lowest BCUT2D eigenvalue weighted by molar-refractivity contribution is 0.235. The molecule has 1 heterocycles. The smallest absolute Gasteiger partial charge is 0.117 e. The molecule has 0 spiro atoms. The van der Waals surface area contributed by atoms with Crippen molar-refractivity contribution in [1.82, 2.24) is 5.32 Å². The molecule has 2 rings (SSSR count). The van der Waals surface area contributed by atoms with Gasteiger partial charge in [-0.3, -0.25) is 0 Å². The molecule has 1 saturated carbocycles. The van der Waals surface area contributed by atoms with Crippen LogP contribution in [0.5, 0.6) is 0 Å². The van der Waals surface area contributed by atoms with Crippen molar-refractivity contribution in [1.29, 1.82) is 0 Å². The van der Waals surface area contributed by atoms with Gasteiger partial charge in [-0.15, -0.1) is 0 Å². The summed E-state index contributed by atoms with van der Waals surface area (Å²) in [4.78, 5) is 0. The third-order valence-corrected chi connectivity index (χ3v) is 3.32. The number of furan rings is 1. The van der Waals surface area contributed by atoms with Crippen molar-refractivity contribution < 1.29 is 4.42 Å². The molecular formula is C13H21NO. The summed E-state index contributed by atoms with van der Waals surface area (Å²) in [6.45, 7) is 5.59. The highest BCUT2D eigenvalue weighted by molar-refractivity contribution is 4.98. The zero-order valence-electron chi connectivity index (χ0n) is 9.70. The Bertz CT molecular complexity index is 271. The van der Waals surface area contributed by atoms with Crippen LogP contribution < -0.4 is 5.32 Å². The fourth-order valence-electron chi connectivity index (χ4n) is 2.77. The van der Waals surface area contributed by atoms with Gasteiger partial charge in [0.05, 0.1) is 12.8 Å². The highest BCUT2D eigenvalue weighted by Crippen LogP contribution is 2.28. The van der Waals surface area contributed by atoms with E-state index in [1.54, 1.807) is 6.26 Å². The second-order valence-corrected chi connectivity index (χ2v) is 5.07. The molecule has 0 radical (unpaired) electrons. The van der Waals surface area contributed by atoms with Crippen LogP contribution in [0.3, 0.4) is 0 Å². The fraction of sp³-hybridized carbons (Fsp3) is 0.692. The van der Waals surface area contributed by atoms with Gasteiger partial charge in [0.1, 0.15) is 5.76 Å². The third kappa shape index (κ3) is 3.10. The number of hydrogen-bond acceptors (Lipinski definition) is 2. The van der Waals surface area contributed by atoms with Crippen LogP contribution in [-0.4, -0.2) is 6.04 Å². The highest BCUT2D eigenvalue weighted by atomic mass is 16.3. The molecule has 1 N–H and O–H groups in total. The molecule has 0 bridgehead atoms. The van der Waals surface area contributed by atoms with E-state index in [0.29, 0.717) is 6.04 Å².